The molecule has 3 aromatic rings. The van der Waals surface area contributed by atoms with Gasteiger partial charge >= 0.3 is 0 Å². The van der Waals surface area contributed by atoms with Crippen LogP contribution in [0.3, 0.4) is 0 Å². The van der Waals surface area contributed by atoms with Crippen molar-refractivity contribution in [2.45, 2.75) is 17.7 Å². The second kappa shape index (κ2) is 5.98. The monoisotopic (exact) mass is 405 g/mol. The Morgan fingerprint density at radius 3 is 2.46 bits per heavy atom. The zero-order valence-corrected chi connectivity index (χ0v) is 15.3. The summed E-state index contributed by atoms with van der Waals surface area (Å²) < 4.78 is 27.7. The summed E-state index contributed by atoms with van der Waals surface area (Å²) in [7, 11) is -3.37. The summed E-state index contributed by atoms with van der Waals surface area (Å²) in [5, 5.41) is 0. The van der Waals surface area contributed by atoms with Gasteiger partial charge in [0.15, 0.2) is 0 Å². The molecule has 1 fully saturated rings. The number of nitrogens with one attached hydrogen (secondary N) is 1. The van der Waals surface area contributed by atoms with Crippen LogP contribution in [0.25, 0.3) is 22.4 Å². The van der Waals surface area contributed by atoms with Crippen LogP contribution >= 0.6 is 15.9 Å². The molecular formula is C17H16BrN3O2S. The van der Waals surface area contributed by atoms with Gasteiger partial charge in [0.1, 0.15) is 5.82 Å². The molecule has 0 saturated carbocycles. The maximum absolute atomic E-state index is 12.6. The first kappa shape index (κ1) is 15.8. The van der Waals surface area contributed by atoms with Gasteiger partial charge in [-0.1, -0.05) is 15.9 Å². The SMILES string of the molecule is O=S(=O)(c1ccc(-c2nc3ccc(Br)cc3[nH]2)cc1)N1CCCC1. The van der Waals surface area contributed by atoms with Crippen molar-refractivity contribution in [1.29, 1.82) is 0 Å². The average Bonchev–Trinajstić information content (AvgIpc) is 3.24. The van der Waals surface area contributed by atoms with E-state index in [0.717, 1.165) is 39.7 Å². The van der Waals surface area contributed by atoms with Gasteiger partial charge in [0.25, 0.3) is 0 Å². The highest BCUT2D eigenvalue weighted by Crippen LogP contribution is 2.26. The number of fused-ring (bicyclic) bond motifs is 1. The normalized spacial score (nSPS) is 16.0. The largest absolute Gasteiger partial charge is 0.338 e. The summed E-state index contributed by atoms with van der Waals surface area (Å²) in [6.45, 7) is 1.23. The molecule has 124 valence electrons. The van der Waals surface area contributed by atoms with Crippen LogP contribution in [0.5, 0.6) is 0 Å². The first-order valence-electron chi connectivity index (χ1n) is 7.80. The molecule has 0 atom stereocenters. The third-order valence-electron chi connectivity index (χ3n) is 4.27. The van der Waals surface area contributed by atoms with E-state index < -0.39 is 10.0 Å². The standard InChI is InChI=1S/C17H16BrN3O2S/c18-13-5-8-15-16(11-13)20-17(19-15)12-3-6-14(7-4-12)24(22,23)21-9-1-2-10-21/h3-8,11H,1-2,9-10H2,(H,19,20). The van der Waals surface area contributed by atoms with E-state index in [1.54, 1.807) is 28.6 Å². The number of rotatable bonds is 3. The van der Waals surface area contributed by atoms with Crippen molar-refractivity contribution in [3.63, 3.8) is 0 Å². The number of nitrogens with zero attached hydrogens (tertiary/aromatic N) is 2. The molecular weight excluding hydrogens is 390 g/mol. The summed E-state index contributed by atoms with van der Waals surface area (Å²) >= 11 is 3.44. The molecule has 0 spiro atoms. The molecule has 1 aliphatic rings. The maximum atomic E-state index is 12.6. The Morgan fingerprint density at radius 2 is 1.75 bits per heavy atom. The molecule has 0 radical (unpaired) electrons. The van der Waals surface area contributed by atoms with E-state index in [0.29, 0.717) is 18.0 Å². The van der Waals surface area contributed by atoms with Crippen LogP contribution in [0, 0.1) is 0 Å². The smallest absolute Gasteiger partial charge is 0.243 e. The number of hydrogen-bond acceptors (Lipinski definition) is 3. The van der Waals surface area contributed by atoms with Gasteiger partial charge in [-0.25, -0.2) is 13.4 Å². The molecule has 2 heterocycles. The van der Waals surface area contributed by atoms with Crippen LogP contribution in [0.2, 0.25) is 0 Å². The van der Waals surface area contributed by atoms with Gasteiger partial charge in [-0.2, -0.15) is 4.31 Å². The number of sulfonamides is 1. The molecule has 0 unspecified atom stereocenters. The first-order valence-corrected chi connectivity index (χ1v) is 10.0. The number of halogens is 1. The Labute approximate surface area is 148 Å². The van der Waals surface area contributed by atoms with Gasteiger partial charge < -0.3 is 4.98 Å². The molecule has 0 bridgehead atoms. The van der Waals surface area contributed by atoms with E-state index in [-0.39, 0.29) is 0 Å². The number of H-pyrrole nitrogens is 1. The van der Waals surface area contributed by atoms with Crippen LogP contribution in [0.1, 0.15) is 12.8 Å². The summed E-state index contributed by atoms with van der Waals surface area (Å²) in [5.41, 5.74) is 2.68. The van der Waals surface area contributed by atoms with E-state index in [1.807, 2.05) is 18.2 Å². The summed E-state index contributed by atoms with van der Waals surface area (Å²) in [4.78, 5) is 8.16. The van der Waals surface area contributed by atoms with Gasteiger partial charge in [0, 0.05) is 23.1 Å². The van der Waals surface area contributed by atoms with Crippen molar-refractivity contribution in [2.24, 2.45) is 0 Å². The van der Waals surface area contributed by atoms with E-state index >= 15 is 0 Å². The Hall–Kier alpha value is -1.70. The first-order chi connectivity index (χ1) is 11.5. The molecule has 24 heavy (non-hydrogen) atoms. The second-order valence-corrected chi connectivity index (χ2v) is 8.74. The fourth-order valence-electron chi connectivity index (χ4n) is 2.98. The Kier molecular flexibility index (Phi) is 3.94. The predicted molar refractivity (Wildman–Crippen MR) is 97.2 cm³/mol. The van der Waals surface area contributed by atoms with Gasteiger partial charge in [0.2, 0.25) is 10.0 Å². The van der Waals surface area contributed by atoms with Crippen molar-refractivity contribution in [3.8, 4) is 11.4 Å². The van der Waals surface area contributed by atoms with Crippen LogP contribution in [0.15, 0.2) is 51.8 Å². The quantitative estimate of drug-likeness (QED) is 0.720. The van der Waals surface area contributed by atoms with Crippen molar-refractivity contribution in [2.75, 3.05) is 13.1 Å². The minimum atomic E-state index is -3.37. The highest BCUT2D eigenvalue weighted by Gasteiger charge is 2.27. The lowest BCUT2D eigenvalue weighted by Gasteiger charge is -2.15. The molecule has 5 nitrogen and oxygen atoms in total. The highest BCUT2D eigenvalue weighted by molar-refractivity contribution is 9.10. The Morgan fingerprint density at radius 1 is 1.04 bits per heavy atom. The summed E-state index contributed by atoms with van der Waals surface area (Å²) in [6, 6.07) is 12.8. The third kappa shape index (κ3) is 2.76. The predicted octanol–water partition coefficient (Wildman–Crippen LogP) is 3.78. The fraction of sp³-hybridized carbons (Fsp3) is 0.235. The molecule has 4 rings (SSSR count). The number of benzene rings is 2. The van der Waals surface area contributed by atoms with Crippen molar-refractivity contribution in [1.82, 2.24) is 14.3 Å². The van der Waals surface area contributed by atoms with Gasteiger partial charge in [-0.15, -0.1) is 0 Å². The van der Waals surface area contributed by atoms with Crippen LogP contribution < -0.4 is 0 Å². The van der Waals surface area contributed by atoms with Crippen LogP contribution in [-0.2, 0) is 10.0 Å². The zero-order chi connectivity index (χ0) is 16.7. The van der Waals surface area contributed by atoms with Crippen molar-refractivity contribution < 1.29 is 8.42 Å². The zero-order valence-electron chi connectivity index (χ0n) is 12.9. The molecule has 1 N–H and O–H groups in total. The molecule has 7 heteroatoms. The lowest BCUT2D eigenvalue weighted by molar-refractivity contribution is 0.477. The number of imidazole rings is 1. The topological polar surface area (TPSA) is 66.1 Å². The van der Waals surface area contributed by atoms with Crippen molar-refractivity contribution >= 4 is 37.0 Å². The number of hydrogen-bond donors (Lipinski definition) is 1. The third-order valence-corrected chi connectivity index (χ3v) is 6.68. The highest BCUT2D eigenvalue weighted by atomic mass is 79.9. The minimum absolute atomic E-state index is 0.340. The van der Waals surface area contributed by atoms with Gasteiger partial charge in [-0.3, -0.25) is 0 Å². The lowest BCUT2D eigenvalue weighted by atomic mass is 10.2. The lowest BCUT2D eigenvalue weighted by Crippen LogP contribution is -2.27. The van der Waals surface area contributed by atoms with Crippen molar-refractivity contribution in [3.05, 3.63) is 46.9 Å². The molecule has 1 aliphatic heterocycles. The van der Waals surface area contributed by atoms with E-state index in [1.165, 1.54) is 0 Å². The van der Waals surface area contributed by atoms with Gasteiger partial charge in [-0.05, 0) is 55.3 Å². The molecule has 1 aromatic heterocycles. The maximum Gasteiger partial charge on any atom is 0.243 e. The fourth-order valence-corrected chi connectivity index (χ4v) is 4.86. The summed E-state index contributed by atoms with van der Waals surface area (Å²) in [5.74, 6) is 0.730. The van der Waals surface area contributed by atoms with Gasteiger partial charge in [0.05, 0.1) is 15.9 Å². The van der Waals surface area contributed by atoms with E-state index in [2.05, 4.69) is 25.9 Å². The number of aromatic nitrogens is 2. The average molecular weight is 406 g/mol. The molecule has 2 aromatic carbocycles. The van der Waals surface area contributed by atoms with E-state index in [9.17, 15) is 8.42 Å². The molecule has 0 amide bonds. The van der Waals surface area contributed by atoms with Crippen LogP contribution in [0.4, 0.5) is 0 Å². The summed E-state index contributed by atoms with van der Waals surface area (Å²) in [6.07, 6.45) is 1.87. The minimum Gasteiger partial charge on any atom is -0.338 e. The molecule has 1 saturated heterocycles. The Balaban J connectivity index is 1.67. The molecule has 0 aliphatic carbocycles. The van der Waals surface area contributed by atoms with Crippen LogP contribution in [-0.4, -0.2) is 35.8 Å². The second-order valence-electron chi connectivity index (χ2n) is 5.88. The number of aromatic amines is 1. The Bertz CT molecular complexity index is 990. The van der Waals surface area contributed by atoms with E-state index in [4.69, 9.17) is 0 Å².